The fourth-order valence-corrected chi connectivity index (χ4v) is 2.44. The normalized spacial score (nSPS) is 24.8. The van der Waals surface area contributed by atoms with E-state index < -0.39 is 0 Å². The van der Waals surface area contributed by atoms with E-state index in [-0.39, 0.29) is 23.9 Å². The SMILES string of the molecule is C[C@H](NC(=O)C1COCC1N)c1cccc(Br)c1. The molecule has 0 saturated carbocycles. The molecule has 3 atom stereocenters. The van der Waals surface area contributed by atoms with Gasteiger partial charge in [-0.15, -0.1) is 0 Å². The van der Waals surface area contributed by atoms with Gasteiger partial charge in [-0.1, -0.05) is 28.1 Å². The summed E-state index contributed by atoms with van der Waals surface area (Å²) in [5.74, 6) is -0.271. The zero-order valence-corrected chi connectivity index (χ0v) is 11.8. The van der Waals surface area contributed by atoms with Crippen molar-refractivity contribution >= 4 is 21.8 Å². The summed E-state index contributed by atoms with van der Waals surface area (Å²) in [7, 11) is 0. The first-order valence-corrected chi connectivity index (χ1v) is 6.76. The number of hydrogen-bond acceptors (Lipinski definition) is 3. The fourth-order valence-electron chi connectivity index (χ4n) is 2.02. The van der Waals surface area contributed by atoms with Crippen LogP contribution in [0.2, 0.25) is 0 Å². The van der Waals surface area contributed by atoms with Crippen LogP contribution in [0.4, 0.5) is 0 Å². The van der Waals surface area contributed by atoms with E-state index in [2.05, 4.69) is 21.2 Å². The second-order valence-electron chi connectivity index (χ2n) is 4.59. The van der Waals surface area contributed by atoms with E-state index in [9.17, 15) is 4.79 Å². The van der Waals surface area contributed by atoms with Gasteiger partial charge < -0.3 is 15.8 Å². The number of halogens is 1. The van der Waals surface area contributed by atoms with Gasteiger partial charge in [0.25, 0.3) is 0 Å². The van der Waals surface area contributed by atoms with Crippen LogP contribution >= 0.6 is 15.9 Å². The van der Waals surface area contributed by atoms with Gasteiger partial charge >= 0.3 is 0 Å². The Morgan fingerprint density at radius 3 is 2.94 bits per heavy atom. The molecular formula is C13H17BrN2O2. The molecule has 5 heteroatoms. The molecule has 0 aliphatic carbocycles. The van der Waals surface area contributed by atoms with Crippen LogP contribution in [0, 0.1) is 5.92 Å². The van der Waals surface area contributed by atoms with Gasteiger partial charge in [0.2, 0.25) is 5.91 Å². The monoisotopic (exact) mass is 312 g/mol. The lowest BCUT2D eigenvalue weighted by atomic mass is 10.0. The molecule has 1 aliphatic rings. The van der Waals surface area contributed by atoms with Crippen molar-refractivity contribution in [2.75, 3.05) is 13.2 Å². The number of hydrogen-bond donors (Lipinski definition) is 2. The third-order valence-corrected chi connectivity index (χ3v) is 3.66. The van der Waals surface area contributed by atoms with Crippen LogP contribution in [0.5, 0.6) is 0 Å². The van der Waals surface area contributed by atoms with Crippen LogP contribution in [-0.4, -0.2) is 25.2 Å². The number of benzene rings is 1. The number of amides is 1. The second kappa shape index (κ2) is 5.82. The summed E-state index contributed by atoms with van der Waals surface area (Å²) < 4.78 is 6.21. The Hall–Kier alpha value is -0.910. The predicted octanol–water partition coefficient (Wildman–Crippen LogP) is 1.60. The van der Waals surface area contributed by atoms with Crippen molar-refractivity contribution in [1.82, 2.24) is 5.32 Å². The Morgan fingerprint density at radius 2 is 2.33 bits per heavy atom. The number of ether oxygens (including phenoxy) is 1. The molecule has 3 N–H and O–H groups in total. The van der Waals surface area contributed by atoms with Crippen molar-refractivity contribution in [2.45, 2.75) is 19.0 Å². The molecule has 1 amide bonds. The molecule has 18 heavy (non-hydrogen) atoms. The van der Waals surface area contributed by atoms with Gasteiger partial charge in [0.15, 0.2) is 0 Å². The minimum absolute atomic E-state index is 0.0347. The van der Waals surface area contributed by atoms with Crippen molar-refractivity contribution in [1.29, 1.82) is 0 Å². The summed E-state index contributed by atoms with van der Waals surface area (Å²) in [6.07, 6.45) is 0. The topological polar surface area (TPSA) is 64.3 Å². The van der Waals surface area contributed by atoms with Crippen molar-refractivity contribution < 1.29 is 9.53 Å². The molecular weight excluding hydrogens is 296 g/mol. The molecule has 0 radical (unpaired) electrons. The molecule has 1 aromatic carbocycles. The third-order valence-electron chi connectivity index (χ3n) is 3.17. The summed E-state index contributed by atoms with van der Waals surface area (Å²) in [6.45, 7) is 2.84. The summed E-state index contributed by atoms with van der Waals surface area (Å²) in [5.41, 5.74) is 6.89. The summed E-state index contributed by atoms with van der Waals surface area (Å²) in [5, 5.41) is 2.98. The van der Waals surface area contributed by atoms with Crippen molar-refractivity contribution in [3.63, 3.8) is 0 Å². The highest BCUT2D eigenvalue weighted by atomic mass is 79.9. The molecule has 4 nitrogen and oxygen atoms in total. The molecule has 0 spiro atoms. The number of carbonyl (C=O) groups is 1. The van der Waals surface area contributed by atoms with Crippen LogP contribution in [0.3, 0.4) is 0 Å². The van der Waals surface area contributed by atoms with Crippen LogP contribution in [0.15, 0.2) is 28.7 Å². The minimum Gasteiger partial charge on any atom is -0.379 e. The zero-order chi connectivity index (χ0) is 13.1. The third kappa shape index (κ3) is 3.10. The predicted molar refractivity (Wildman–Crippen MR) is 73.0 cm³/mol. The molecule has 1 heterocycles. The highest BCUT2D eigenvalue weighted by molar-refractivity contribution is 9.10. The van der Waals surface area contributed by atoms with E-state index in [0.29, 0.717) is 13.2 Å². The van der Waals surface area contributed by atoms with Gasteiger partial charge in [0.1, 0.15) is 0 Å². The first-order valence-electron chi connectivity index (χ1n) is 5.97. The minimum atomic E-state index is -0.236. The molecule has 1 aliphatic heterocycles. The summed E-state index contributed by atoms with van der Waals surface area (Å²) >= 11 is 3.42. The van der Waals surface area contributed by atoms with Gasteiger partial charge in [-0.3, -0.25) is 4.79 Å². The number of carbonyl (C=O) groups excluding carboxylic acids is 1. The fraction of sp³-hybridized carbons (Fsp3) is 0.462. The van der Waals surface area contributed by atoms with Crippen LogP contribution in [0.1, 0.15) is 18.5 Å². The van der Waals surface area contributed by atoms with E-state index in [1.54, 1.807) is 0 Å². The molecule has 2 rings (SSSR count). The van der Waals surface area contributed by atoms with Crippen LogP contribution < -0.4 is 11.1 Å². The number of nitrogens with two attached hydrogens (primary N) is 1. The molecule has 2 unspecified atom stereocenters. The van der Waals surface area contributed by atoms with E-state index in [4.69, 9.17) is 10.5 Å². The lowest BCUT2D eigenvalue weighted by Gasteiger charge is -2.19. The van der Waals surface area contributed by atoms with Gasteiger partial charge in [0, 0.05) is 10.5 Å². The van der Waals surface area contributed by atoms with Gasteiger partial charge in [-0.2, -0.15) is 0 Å². The van der Waals surface area contributed by atoms with Gasteiger partial charge in [0.05, 0.1) is 25.2 Å². The molecule has 0 bridgehead atoms. The largest absolute Gasteiger partial charge is 0.379 e. The van der Waals surface area contributed by atoms with Crippen molar-refractivity contribution in [3.05, 3.63) is 34.3 Å². The average molecular weight is 313 g/mol. The standard InChI is InChI=1S/C13H17BrN2O2/c1-8(9-3-2-4-10(14)5-9)16-13(17)11-6-18-7-12(11)15/h2-5,8,11-12H,6-7,15H2,1H3,(H,16,17)/t8-,11?,12?/m0/s1. The van der Waals surface area contributed by atoms with Gasteiger partial charge in [-0.05, 0) is 24.6 Å². The van der Waals surface area contributed by atoms with Crippen molar-refractivity contribution in [2.24, 2.45) is 11.7 Å². The zero-order valence-electron chi connectivity index (χ0n) is 10.2. The highest BCUT2D eigenvalue weighted by Gasteiger charge is 2.31. The van der Waals surface area contributed by atoms with E-state index in [1.165, 1.54) is 0 Å². The maximum Gasteiger partial charge on any atom is 0.227 e. The average Bonchev–Trinajstić information content (AvgIpc) is 2.75. The Labute approximate surface area is 115 Å². The Morgan fingerprint density at radius 1 is 1.56 bits per heavy atom. The Kier molecular flexibility index (Phi) is 4.37. The maximum absolute atomic E-state index is 12.0. The second-order valence-corrected chi connectivity index (χ2v) is 5.51. The maximum atomic E-state index is 12.0. The molecule has 1 saturated heterocycles. The lowest BCUT2D eigenvalue weighted by Crippen LogP contribution is -2.41. The van der Waals surface area contributed by atoms with E-state index in [0.717, 1.165) is 10.0 Å². The molecule has 98 valence electrons. The van der Waals surface area contributed by atoms with Gasteiger partial charge in [-0.25, -0.2) is 0 Å². The first-order chi connectivity index (χ1) is 8.58. The first kappa shape index (κ1) is 13.5. The lowest BCUT2D eigenvalue weighted by molar-refractivity contribution is -0.125. The summed E-state index contributed by atoms with van der Waals surface area (Å²) in [6, 6.07) is 7.66. The molecule has 0 aromatic heterocycles. The van der Waals surface area contributed by atoms with E-state index >= 15 is 0 Å². The Balaban J connectivity index is 1.98. The highest BCUT2D eigenvalue weighted by Crippen LogP contribution is 2.19. The summed E-state index contributed by atoms with van der Waals surface area (Å²) in [4.78, 5) is 12.0. The smallest absolute Gasteiger partial charge is 0.227 e. The van der Waals surface area contributed by atoms with Crippen molar-refractivity contribution in [3.8, 4) is 0 Å². The Bertz CT molecular complexity index is 439. The number of nitrogens with one attached hydrogen (secondary N) is 1. The van der Waals surface area contributed by atoms with E-state index in [1.807, 2.05) is 31.2 Å². The van der Waals surface area contributed by atoms with Crippen LogP contribution in [-0.2, 0) is 9.53 Å². The number of rotatable bonds is 3. The van der Waals surface area contributed by atoms with Crippen LogP contribution in [0.25, 0.3) is 0 Å². The molecule has 1 fully saturated rings. The quantitative estimate of drug-likeness (QED) is 0.891. The molecule has 1 aromatic rings.